The van der Waals surface area contributed by atoms with Crippen LogP contribution < -0.4 is 11.1 Å². The monoisotopic (exact) mass is 351 g/mol. The van der Waals surface area contributed by atoms with Gasteiger partial charge in [-0.25, -0.2) is 9.37 Å². The average molecular weight is 352 g/mol. The summed E-state index contributed by atoms with van der Waals surface area (Å²) in [4.78, 5) is 4.44. The number of hydrogen-bond acceptors (Lipinski definition) is 4. The van der Waals surface area contributed by atoms with Gasteiger partial charge in [0, 0.05) is 4.47 Å². The number of nitrogens with zero attached hydrogens (tertiary/aromatic N) is 1. The van der Waals surface area contributed by atoms with E-state index in [0.29, 0.717) is 10.2 Å². The maximum Gasteiger partial charge on any atom is 0.124 e. The van der Waals surface area contributed by atoms with Gasteiger partial charge in [0.1, 0.15) is 5.82 Å². The first-order valence-corrected chi connectivity index (χ1v) is 7.52. The van der Waals surface area contributed by atoms with Crippen LogP contribution in [0, 0.1) is 12.7 Å². The first-order valence-electron chi connectivity index (χ1n) is 5.91. The fourth-order valence-corrected chi connectivity index (χ4v) is 3.26. The summed E-state index contributed by atoms with van der Waals surface area (Å²) in [7, 11) is 0. The minimum atomic E-state index is -0.291. The van der Waals surface area contributed by atoms with Crippen LogP contribution in [0.25, 0.3) is 10.2 Å². The van der Waals surface area contributed by atoms with Crippen LogP contribution in [-0.4, -0.2) is 4.98 Å². The van der Waals surface area contributed by atoms with Crippen LogP contribution in [0.5, 0.6) is 0 Å². The summed E-state index contributed by atoms with van der Waals surface area (Å²) >= 11 is 4.93. The summed E-state index contributed by atoms with van der Waals surface area (Å²) in [6, 6.07) is 8.28. The van der Waals surface area contributed by atoms with Crippen molar-refractivity contribution in [3.05, 3.63) is 45.6 Å². The predicted octanol–water partition coefficient (Wildman–Crippen LogP) is 4.83. The summed E-state index contributed by atoms with van der Waals surface area (Å²) in [6.07, 6.45) is 0. The Bertz CT molecular complexity index is 800. The maximum atomic E-state index is 13.1. The van der Waals surface area contributed by atoms with Gasteiger partial charge in [-0.1, -0.05) is 0 Å². The average Bonchev–Trinajstić information content (AvgIpc) is 2.72. The number of nitrogens with one attached hydrogen (secondary N) is 1. The molecular formula is C14H11BrFN3S. The number of aryl methyl sites for hydroxylation is 1. The molecule has 2 aromatic carbocycles. The number of aromatic nitrogens is 1. The van der Waals surface area contributed by atoms with Crippen molar-refractivity contribution in [3.8, 4) is 0 Å². The van der Waals surface area contributed by atoms with Crippen molar-refractivity contribution in [2.45, 2.75) is 6.92 Å². The van der Waals surface area contributed by atoms with Crippen molar-refractivity contribution in [1.82, 2.24) is 4.98 Å². The number of thiazole rings is 1. The van der Waals surface area contributed by atoms with Gasteiger partial charge in [-0.3, -0.25) is 0 Å². The van der Waals surface area contributed by atoms with Gasteiger partial charge in [-0.2, -0.15) is 0 Å². The third-order valence-electron chi connectivity index (χ3n) is 2.87. The molecule has 0 saturated carbocycles. The molecule has 0 saturated heterocycles. The summed E-state index contributed by atoms with van der Waals surface area (Å²) in [5.74, 6) is -0.291. The molecule has 0 fully saturated rings. The van der Waals surface area contributed by atoms with Gasteiger partial charge in [0.25, 0.3) is 0 Å². The molecule has 0 aliphatic carbocycles. The lowest BCUT2D eigenvalue weighted by molar-refractivity contribution is 0.627. The topological polar surface area (TPSA) is 50.9 Å². The van der Waals surface area contributed by atoms with E-state index in [0.717, 1.165) is 26.6 Å². The number of hydrogen-bond donors (Lipinski definition) is 2. The van der Waals surface area contributed by atoms with Gasteiger partial charge < -0.3 is 11.1 Å². The van der Waals surface area contributed by atoms with Gasteiger partial charge in [-0.05, 0) is 53.2 Å². The predicted molar refractivity (Wildman–Crippen MR) is 86.2 cm³/mol. The molecule has 3 rings (SSSR count). The number of nitrogens with two attached hydrogens (primary N) is 1. The molecule has 1 heterocycles. The van der Waals surface area contributed by atoms with E-state index in [4.69, 9.17) is 5.73 Å². The van der Waals surface area contributed by atoms with Crippen molar-refractivity contribution >= 4 is 54.5 Å². The van der Waals surface area contributed by atoms with Crippen LogP contribution in [0.3, 0.4) is 0 Å². The highest BCUT2D eigenvalue weighted by Crippen LogP contribution is 2.33. The Hall–Kier alpha value is -1.66. The SMILES string of the molecule is Cc1nc2cc(Nc3ccc(F)cc3Br)c(N)cc2s1. The van der Waals surface area contributed by atoms with Crippen LogP contribution in [0.1, 0.15) is 5.01 Å². The van der Waals surface area contributed by atoms with E-state index < -0.39 is 0 Å². The number of anilines is 3. The molecule has 0 aliphatic heterocycles. The van der Waals surface area contributed by atoms with Gasteiger partial charge in [0.15, 0.2) is 0 Å². The Morgan fingerprint density at radius 1 is 1.25 bits per heavy atom. The summed E-state index contributed by atoms with van der Waals surface area (Å²) in [5.41, 5.74) is 9.11. The Kier molecular flexibility index (Phi) is 3.35. The van der Waals surface area contributed by atoms with E-state index in [9.17, 15) is 4.39 Å². The van der Waals surface area contributed by atoms with E-state index in [-0.39, 0.29) is 5.82 Å². The Balaban J connectivity index is 2.03. The molecule has 0 radical (unpaired) electrons. The summed E-state index contributed by atoms with van der Waals surface area (Å²) < 4.78 is 14.8. The minimum absolute atomic E-state index is 0.291. The highest BCUT2D eigenvalue weighted by Gasteiger charge is 2.08. The molecule has 3 N–H and O–H groups in total. The minimum Gasteiger partial charge on any atom is -0.397 e. The largest absolute Gasteiger partial charge is 0.397 e. The lowest BCUT2D eigenvalue weighted by Gasteiger charge is -2.11. The molecule has 3 nitrogen and oxygen atoms in total. The highest BCUT2D eigenvalue weighted by atomic mass is 79.9. The van der Waals surface area contributed by atoms with Crippen molar-refractivity contribution < 1.29 is 4.39 Å². The quantitative estimate of drug-likeness (QED) is 0.650. The van der Waals surface area contributed by atoms with Crippen LogP contribution >= 0.6 is 27.3 Å². The van der Waals surface area contributed by atoms with Gasteiger partial charge in [0.2, 0.25) is 0 Å². The van der Waals surface area contributed by atoms with E-state index in [1.54, 1.807) is 17.4 Å². The number of benzene rings is 2. The third kappa shape index (κ3) is 2.48. The van der Waals surface area contributed by atoms with Crippen molar-refractivity contribution in [2.24, 2.45) is 0 Å². The molecule has 20 heavy (non-hydrogen) atoms. The second-order valence-electron chi connectivity index (χ2n) is 4.39. The van der Waals surface area contributed by atoms with E-state index in [1.165, 1.54) is 12.1 Å². The van der Waals surface area contributed by atoms with Gasteiger partial charge >= 0.3 is 0 Å². The molecule has 6 heteroatoms. The normalized spacial score (nSPS) is 10.9. The second kappa shape index (κ2) is 5.03. The Morgan fingerprint density at radius 3 is 2.80 bits per heavy atom. The first kappa shape index (κ1) is 13.3. The summed E-state index contributed by atoms with van der Waals surface area (Å²) in [6.45, 7) is 1.96. The van der Waals surface area contributed by atoms with E-state index in [1.807, 2.05) is 19.1 Å². The van der Waals surface area contributed by atoms with Crippen LogP contribution in [0.15, 0.2) is 34.8 Å². The molecule has 0 atom stereocenters. The molecule has 1 aromatic heterocycles. The second-order valence-corrected chi connectivity index (χ2v) is 6.48. The number of fused-ring (bicyclic) bond motifs is 1. The van der Waals surface area contributed by atoms with Crippen molar-refractivity contribution in [1.29, 1.82) is 0 Å². The number of rotatable bonds is 2. The molecular weight excluding hydrogens is 341 g/mol. The van der Waals surface area contributed by atoms with Gasteiger partial charge in [-0.15, -0.1) is 11.3 Å². The number of halogens is 2. The lowest BCUT2D eigenvalue weighted by atomic mass is 10.2. The molecule has 0 bridgehead atoms. The first-order chi connectivity index (χ1) is 9.52. The summed E-state index contributed by atoms with van der Waals surface area (Å²) in [5, 5.41) is 4.19. The van der Waals surface area contributed by atoms with Gasteiger partial charge in [0.05, 0.1) is 32.3 Å². The fourth-order valence-electron chi connectivity index (χ4n) is 1.95. The molecule has 0 aliphatic rings. The van der Waals surface area contributed by atoms with E-state index >= 15 is 0 Å². The Labute approximate surface area is 127 Å². The van der Waals surface area contributed by atoms with Crippen molar-refractivity contribution in [3.63, 3.8) is 0 Å². The fraction of sp³-hybridized carbons (Fsp3) is 0.0714. The zero-order chi connectivity index (χ0) is 14.3. The standard InChI is InChI=1S/C14H11BrFN3S/c1-7-18-13-6-12(10(17)5-14(13)20-7)19-11-3-2-8(16)4-9(11)15/h2-6,19H,17H2,1H3. The Morgan fingerprint density at radius 2 is 2.05 bits per heavy atom. The van der Waals surface area contributed by atoms with E-state index in [2.05, 4.69) is 26.2 Å². The lowest BCUT2D eigenvalue weighted by Crippen LogP contribution is -1.97. The molecule has 102 valence electrons. The smallest absolute Gasteiger partial charge is 0.124 e. The number of nitrogen functional groups attached to an aromatic ring is 1. The zero-order valence-electron chi connectivity index (χ0n) is 10.6. The zero-order valence-corrected chi connectivity index (χ0v) is 13.0. The molecule has 0 unspecified atom stereocenters. The molecule has 0 amide bonds. The van der Waals surface area contributed by atoms with Crippen LogP contribution in [0.4, 0.5) is 21.5 Å². The van der Waals surface area contributed by atoms with Crippen LogP contribution in [0.2, 0.25) is 0 Å². The third-order valence-corrected chi connectivity index (χ3v) is 4.46. The molecule has 0 spiro atoms. The van der Waals surface area contributed by atoms with Crippen LogP contribution in [-0.2, 0) is 0 Å². The maximum absolute atomic E-state index is 13.1. The molecule has 3 aromatic rings. The highest BCUT2D eigenvalue weighted by molar-refractivity contribution is 9.10. The van der Waals surface area contributed by atoms with Crippen molar-refractivity contribution in [2.75, 3.05) is 11.1 Å².